The van der Waals surface area contributed by atoms with Crippen molar-refractivity contribution in [3.63, 3.8) is 0 Å². The van der Waals surface area contributed by atoms with Crippen LogP contribution >= 0.6 is 0 Å². The van der Waals surface area contributed by atoms with Gasteiger partial charge in [0.2, 0.25) is 0 Å². The van der Waals surface area contributed by atoms with E-state index < -0.39 is 17.6 Å². The van der Waals surface area contributed by atoms with Crippen molar-refractivity contribution in [3.05, 3.63) is 100 Å². The van der Waals surface area contributed by atoms with E-state index in [9.17, 15) is 14.0 Å². The van der Waals surface area contributed by atoms with Crippen LogP contribution in [0, 0.1) is 19.7 Å². The lowest BCUT2D eigenvalue weighted by molar-refractivity contribution is -0.120. The topological polar surface area (TPSA) is 49.4 Å². The Morgan fingerprint density at radius 2 is 1.65 bits per heavy atom. The zero-order chi connectivity index (χ0) is 22.1. The first-order chi connectivity index (χ1) is 14.9. The van der Waals surface area contributed by atoms with Crippen molar-refractivity contribution < 1.29 is 14.0 Å². The van der Waals surface area contributed by atoms with Gasteiger partial charge in [0.1, 0.15) is 11.5 Å². The standard InChI is InChI=1S/C26H23FN2O2/c1-4-18-9-11-20(12-10-18)28-24-23(22-13-8-16(2)14-17(22)3)25(30)29(26(24)31)21-7-5-6-19(27)15-21/h5-15,28H,4H2,1-3H3. The Kier molecular flexibility index (Phi) is 5.42. The summed E-state index contributed by atoms with van der Waals surface area (Å²) in [5.74, 6) is -1.50. The zero-order valence-electron chi connectivity index (χ0n) is 17.7. The van der Waals surface area contributed by atoms with Crippen LogP contribution in [0.25, 0.3) is 5.57 Å². The maximum atomic E-state index is 13.8. The Morgan fingerprint density at radius 1 is 0.903 bits per heavy atom. The van der Waals surface area contributed by atoms with Gasteiger partial charge in [-0.1, -0.05) is 48.9 Å². The number of imide groups is 1. The molecule has 0 unspecified atom stereocenters. The second-order valence-corrected chi connectivity index (χ2v) is 7.67. The van der Waals surface area contributed by atoms with Crippen LogP contribution in [-0.2, 0) is 16.0 Å². The van der Waals surface area contributed by atoms with Crippen molar-refractivity contribution >= 4 is 28.8 Å². The number of halogens is 1. The molecule has 1 N–H and O–H groups in total. The van der Waals surface area contributed by atoms with Gasteiger partial charge < -0.3 is 5.32 Å². The van der Waals surface area contributed by atoms with E-state index in [0.29, 0.717) is 11.3 Å². The predicted molar refractivity (Wildman–Crippen MR) is 121 cm³/mol. The third-order valence-electron chi connectivity index (χ3n) is 5.43. The summed E-state index contributed by atoms with van der Waals surface area (Å²) < 4.78 is 13.8. The molecule has 1 aliphatic heterocycles. The number of carbonyl (C=O) groups excluding carboxylic acids is 2. The van der Waals surface area contributed by atoms with E-state index in [0.717, 1.165) is 22.4 Å². The number of nitrogens with zero attached hydrogens (tertiary/aromatic N) is 1. The summed E-state index contributed by atoms with van der Waals surface area (Å²) >= 11 is 0. The maximum Gasteiger partial charge on any atom is 0.282 e. The van der Waals surface area contributed by atoms with Gasteiger partial charge in [0.15, 0.2) is 0 Å². The molecule has 31 heavy (non-hydrogen) atoms. The highest BCUT2D eigenvalue weighted by atomic mass is 19.1. The molecule has 4 rings (SSSR count). The van der Waals surface area contributed by atoms with Crippen molar-refractivity contribution in [2.45, 2.75) is 27.2 Å². The fourth-order valence-corrected chi connectivity index (χ4v) is 3.81. The normalized spacial score (nSPS) is 13.9. The molecular weight excluding hydrogens is 391 g/mol. The van der Waals surface area contributed by atoms with Crippen molar-refractivity contribution in [1.82, 2.24) is 0 Å². The number of hydrogen-bond donors (Lipinski definition) is 1. The molecule has 0 fully saturated rings. The number of amides is 2. The second-order valence-electron chi connectivity index (χ2n) is 7.67. The highest BCUT2D eigenvalue weighted by molar-refractivity contribution is 6.46. The van der Waals surface area contributed by atoms with Gasteiger partial charge in [0.25, 0.3) is 11.8 Å². The molecule has 1 heterocycles. The van der Waals surface area contributed by atoms with Crippen molar-refractivity contribution in [2.75, 3.05) is 10.2 Å². The highest BCUT2D eigenvalue weighted by Crippen LogP contribution is 2.35. The zero-order valence-corrected chi connectivity index (χ0v) is 17.7. The van der Waals surface area contributed by atoms with E-state index in [4.69, 9.17) is 0 Å². The molecule has 0 aromatic heterocycles. The molecule has 0 aliphatic carbocycles. The van der Waals surface area contributed by atoms with Gasteiger partial charge in [-0.2, -0.15) is 0 Å². The minimum atomic E-state index is -0.511. The molecule has 4 nitrogen and oxygen atoms in total. The summed E-state index contributed by atoms with van der Waals surface area (Å²) in [7, 11) is 0. The molecule has 0 atom stereocenters. The van der Waals surface area contributed by atoms with Gasteiger partial charge in [-0.05, 0) is 67.3 Å². The van der Waals surface area contributed by atoms with Crippen LogP contribution in [0.4, 0.5) is 15.8 Å². The summed E-state index contributed by atoms with van der Waals surface area (Å²) in [6.45, 7) is 5.95. The van der Waals surface area contributed by atoms with Crippen LogP contribution in [0.15, 0.2) is 72.4 Å². The van der Waals surface area contributed by atoms with Crippen LogP contribution in [0.3, 0.4) is 0 Å². The van der Waals surface area contributed by atoms with E-state index >= 15 is 0 Å². The molecule has 0 saturated heterocycles. The van der Waals surface area contributed by atoms with Crippen LogP contribution in [0.1, 0.15) is 29.2 Å². The van der Waals surface area contributed by atoms with E-state index in [1.54, 1.807) is 6.07 Å². The first-order valence-corrected chi connectivity index (χ1v) is 10.2. The van der Waals surface area contributed by atoms with Crippen LogP contribution in [0.5, 0.6) is 0 Å². The molecule has 5 heteroatoms. The predicted octanol–water partition coefficient (Wildman–Crippen LogP) is 5.40. The summed E-state index contributed by atoms with van der Waals surface area (Å²) in [4.78, 5) is 27.9. The Hall–Kier alpha value is -3.73. The van der Waals surface area contributed by atoms with Crippen molar-refractivity contribution in [1.29, 1.82) is 0 Å². The monoisotopic (exact) mass is 414 g/mol. The Labute approximate surface area is 181 Å². The van der Waals surface area contributed by atoms with Crippen molar-refractivity contribution in [3.8, 4) is 0 Å². The first kappa shape index (κ1) is 20.5. The molecule has 0 bridgehead atoms. The quantitative estimate of drug-likeness (QED) is 0.569. The lowest BCUT2D eigenvalue weighted by Gasteiger charge is -2.15. The number of nitrogens with one attached hydrogen (secondary N) is 1. The fourth-order valence-electron chi connectivity index (χ4n) is 3.81. The van der Waals surface area contributed by atoms with Gasteiger partial charge >= 0.3 is 0 Å². The van der Waals surface area contributed by atoms with E-state index in [1.165, 1.54) is 23.8 Å². The smallest absolute Gasteiger partial charge is 0.282 e. The fraction of sp³-hybridized carbons (Fsp3) is 0.154. The molecular formula is C26H23FN2O2. The first-order valence-electron chi connectivity index (χ1n) is 10.2. The number of anilines is 2. The summed E-state index contributed by atoms with van der Waals surface area (Å²) in [5, 5.41) is 3.15. The van der Waals surface area contributed by atoms with Gasteiger partial charge in [0.05, 0.1) is 11.3 Å². The van der Waals surface area contributed by atoms with Gasteiger partial charge in [-0.25, -0.2) is 9.29 Å². The molecule has 0 radical (unpaired) electrons. The van der Waals surface area contributed by atoms with E-state index in [-0.39, 0.29) is 17.0 Å². The largest absolute Gasteiger partial charge is 0.350 e. The number of rotatable bonds is 5. The minimum Gasteiger partial charge on any atom is -0.350 e. The Balaban J connectivity index is 1.83. The van der Waals surface area contributed by atoms with Gasteiger partial charge in [0, 0.05) is 5.69 Å². The average molecular weight is 414 g/mol. The molecule has 2 amide bonds. The lowest BCUT2D eigenvalue weighted by atomic mass is 9.97. The average Bonchev–Trinajstić information content (AvgIpc) is 2.98. The lowest BCUT2D eigenvalue weighted by Crippen LogP contribution is -2.32. The highest BCUT2D eigenvalue weighted by Gasteiger charge is 2.40. The molecule has 3 aromatic carbocycles. The third-order valence-corrected chi connectivity index (χ3v) is 5.43. The molecule has 1 aliphatic rings. The Bertz CT molecular complexity index is 1210. The van der Waals surface area contributed by atoms with Gasteiger partial charge in [-0.3, -0.25) is 9.59 Å². The van der Waals surface area contributed by atoms with Crippen LogP contribution in [0.2, 0.25) is 0 Å². The molecule has 156 valence electrons. The number of hydrogen-bond acceptors (Lipinski definition) is 3. The molecule has 0 spiro atoms. The van der Waals surface area contributed by atoms with E-state index in [1.807, 2.05) is 56.3 Å². The maximum absolute atomic E-state index is 13.8. The van der Waals surface area contributed by atoms with Gasteiger partial charge in [-0.15, -0.1) is 0 Å². The minimum absolute atomic E-state index is 0.186. The third kappa shape index (κ3) is 3.87. The van der Waals surface area contributed by atoms with Crippen molar-refractivity contribution in [2.24, 2.45) is 0 Å². The summed E-state index contributed by atoms with van der Waals surface area (Å²) in [6, 6.07) is 19.0. The van der Waals surface area contributed by atoms with Crippen LogP contribution < -0.4 is 10.2 Å². The summed E-state index contributed by atoms with van der Waals surface area (Å²) in [5.41, 5.74) is 5.17. The molecule has 3 aromatic rings. The van der Waals surface area contributed by atoms with E-state index in [2.05, 4.69) is 12.2 Å². The van der Waals surface area contributed by atoms with Crippen LogP contribution in [-0.4, -0.2) is 11.8 Å². The number of carbonyl (C=O) groups is 2. The molecule has 0 saturated carbocycles. The Morgan fingerprint density at radius 3 is 2.29 bits per heavy atom. The second kappa shape index (κ2) is 8.19. The SMILES string of the molecule is CCc1ccc(NC2=C(c3ccc(C)cc3C)C(=O)N(c3cccc(F)c3)C2=O)cc1. The number of benzene rings is 3. The summed E-state index contributed by atoms with van der Waals surface area (Å²) in [6.07, 6.45) is 0.904. The number of aryl methyl sites for hydroxylation is 3.